The number of benzene rings is 1. The van der Waals surface area contributed by atoms with Gasteiger partial charge in [0.1, 0.15) is 0 Å². The number of carbonyl (C=O) groups is 3. The van der Waals surface area contributed by atoms with Gasteiger partial charge >= 0.3 is 0 Å². The van der Waals surface area contributed by atoms with Gasteiger partial charge in [0.2, 0.25) is 11.8 Å². The Balaban J connectivity index is 1.44. The molecule has 1 atom stereocenters. The standard InChI is InChI=1S/C24H29N5O3/c1-16-20(23(31)27-19-7-4-3-5-8-19)15-25-22(26-16)21-9-6-12-29(21)24(32)18-10-13-28(14-11-18)17(2)30/h3-5,7-8,15,18,21H,6,9-14H2,1-2H3,(H,27,31)/t21-/m1/s1. The topological polar surface area (TPSA) is 95.5 Å². The summed E-state index contributed by atoms with van der Waals surface area (Å²) in [7, 11) is 0. The Hall–Kier alpha value is -3.29. The van der Waals surface area contributed by atoms with Gasteiger partial charge in [-0.05, 0) is 44.7 Å². The molecule has 8 heteroatoms. The van der Waals surface area contributed by atoms with Gasteiger partial charge in [0.25, 0.3) is 5.91 Å². The number of hydrogen-bond donors (Lipinski definition) is 1. The molecule has 2 aromatic rings. The summed E-state index contributed by atoms with van der Waals surface area (Å²) in [6.45, 7) is 5.32. The number of anilines is 1. The SMILES string of the molecule is CC(=O)N1CCC(C(=O)N2CCC[C@@H]2c2ncc(C(=O)Nc3ccccc3)c(C)n2)CC1. The number of piperidine rings is 1. The molecule has 0 radical (unpaired) electrons. The summed E-state index contributed by atoms with van der Waals surface area (Å²) in [6.07, 6.45) is 4.66. The Morgan fingerprint density at radius 1 is 1.03 bits per heavy atom. The fourth-order valence-electron chi connectivity index (χ4n) is 4.56. The smallest absolute Gasteiger partial charge is 0.259 e. The lowest BCUT2D eigenvalue weighted by Gasteiger charge is -2.34. The minimum atomic E-state index is -0.253. The number of likely N-dealkylation sites (tertiary alicyclic amines) is 2. The highest BCUT2D eigenvalue weighted by atomic mass is 16.2. The Kier molecular flexibility index (Phi) is 6.48. The third-order valence-electron chi connectivity index (χ3n) is 6.40. The summed E-state index contributed by atoms with van der Waals surface area (Å²) in [5.74, 6) is 0.462. The third-order valence-corrected chi connectivity index (χ3v) is 6.40. The molecule has 2 saturated heterocycles. The van der Waals surface area contributed by atoms with Crippen LogP contribution in [0, 0.1) is 12.8 Å². The lowest BCUT2D eigenvalue weighted by atomic mass is 9.95. The molecule has 1 aromatic heterocycles. The van der Waals surface area contributed by atoms with Crippen molar-refractivity contribution in [1.29, 1.82) is 0 Å². The first kappa shape index (κ1) is 21.9. The molecule has 4 rings (SSSR count). The molecule has 1 aromatic carbocycles. The molecular formula is C24H29N5O3. The summed E-state index contributed by atoms with van der Waals surface area (Å²) in [5.41, 5.74) is 1.73. The summed E-state index contributed by atoms with van der Waals surface area (Å²) >= 11 is 0. The second-order valence-electron chi connectivity index (χ2n) is 8.52. The van der Waals surface area contributed by atoms with Crippen molar-refractivity contribution in [2.45, 2.75) is 45.6 Å². The van der Waals surface area contributed by atoms with Crippen LogP contribution in [0.3, 0.4) is 0 Å². The predicted octanol–water partition coefficient (Wildman–Crippen LogP) is 2.96. The molecule has 2 fully saturated rings. The van der Waals surface area contributed by atoms with Crippen LogP contribution in [-0.2, 0) is 9.59 Å². The van der Waals surface area contributed by atoms with Crippen LogP contribution in [0.4, 0.5) is 5.69 Å². The lowest BCUT2D eigenvalue weighted by Crippen LogP contribution is -2.43. The monoisotopic (exact) mass is 435 g/mol. The Bertz CT molecular complexity index is 1000. The van der Waals surface area contributed by atoms with Gasteiger partial charge in [-0.1, -0.05) is 18.2 Å². The number of hydrogen-bond acceptors (Lipinski definition) is 5. The number of aryl methyl sites for hydroxylation is 1. The quantitative estimate of drug-likeness (QED) is 0.797. The molecule has 0 aliphatic carbocycles. The lowest BCUT2D eigenvalue weighted by molar-refractivity contribution is -0.141. The summed E-state index contributed by atoms with van der Waals surface area (Å²) < 4.78 is 0. The number of para-hydroxylation sites is 1. The van der Waals surface area contributed by atoms with Gasteiger partial charge in [-0.25, -0.2) is 9.97 Å². The van der Waals surface area contributed by atoms with E-state index in [1.165, 1.54) is 0 Å². The summed E-state index contributed by atoms with van der Waals surface area (Å²) in [5, 5.41) is 2.86. The molecular weight excluding hydrogens is 406 g/mol. The maximum absolute atomic E-state index is 13.2. The van der Waals surface area contributed by atoms with E-state index in [0.29, 0.717) is 55.2 Å². The molecule has 3 amide bonds. The van der Waals surface area contributed by atoms with E-state index in [9.17, 15) is 14.4 Å². The normalized spacial score (nSPS) is 19.1. The van der Waals surface area contributed by atoms with Crippen LogP contribution in [0.2, 0.25) is 0 Å². The molecule has 8 nitrogen and oxygen atoms in total. The van der Waals surface area contributed by atoms with Gasteiger partial charge in [0.05, 0.1) is 17.3 Å². The average molecular weight is 436 g/mol. The summed E-state index contributed by atoms with van der Waals surface area (Å²) in [4.78, 5) is 50.2. The van der Waals surface area contributed by atoms with E-state index in [2.05, 4.69) is 15.3 Å². The first-order chi connectivity index (χ1) is 15.4. The zero-order chi connectivity index (χ0) is 22.7. The number of aromatic nitrogens is 2. The highest BCUT2D eigenvalue weighted by Crippen LogP contribution is 2.33. The van der Waals surface area contributed by atoms with E-state index in [4.69, 9.17) is 0 Å². The molecule has 1 N–H and O–H groups in total. The number of rotatable bonds is 4. The average Bonchev–Trinajstić information content (AvgIpc) is 3.29. The Morgan fingerprint density at radius 3 is 2.41 bits per heavy atom. The maximum atomic E-state index is 13.2. The van der Waals surface area contributed by atoms with Gasteiger partial charge in [-0.15, -0.1) is 0 Å². The second kappa shape index (κ2) is 9.46. The van der Waals surface area contributed by atoms with Crippen LogP contribution in [-0.4, -0.2) is 57.1 Å². The first-order valence-electron chi connectivity index (χ1n) is 11.2. The Morgan fingerprint density at radius 2 is 1.75 bits per heavy atom. The zero-order valence-corrected chi connectivity index (χ0v) is 18.6. The van der Waals surface area contributed by atoms with Crippen LogP contribution in [0.5, 0.6) is 0 Å². The van der Waals surface area contributed by atoms with Gasteiger partial charge in [0, 0.05) is 44.4 Å². The second-order valence-corrected chi connectivity index (χ2v) is 8.52. The Labute approximate surface area is 188 Å². The van der Waals surface area contributed by atoms with E-state index < -0.39 is 0 Å². The molecule has 32 heavy (non-hydrogen) atoms. The number of nitrogens with one attached hydrogen (secondary N) is 1. The van der Waals surface area contributed by atoms with Crippen molar-refractivity contribution in [3.8, 4) is 0 Å². The molecule has 0 spiro atoms. The number of carbonyl (C=O) groups excluding carboxylic acids is 3. The van der Waals surface area contributed by atoms with Crippen molar-refractivity contribution in [3.63, 3.8) is 0 Å². The van der Waals surface area contributed by atoms with E-state index in [1.807, 2.05) is 35.2 Å². The van der Waals surface area contributed by atoms with Crippen molar-refractivity contribution in [3.05, 3.63) is 53.6 Å². The van der Waals surface area contributed by atoms with Gasteiger partial charge < -0.3 is 15.1 Å². The minimum absolute atomic E-state index is 0.0650. The minimum Gasteiger partial charge on any atom is -0.343 e. The predicted molar refractivity (Wildman–Crippen MR) is 120 cm³/mol. The van der Waals surface area contributed by atoms with E-state index in [1.54, 1.807) is 24.9 Å². The molecule has 168 valence electrons. The molecule has 0 bridgehead atoms. The highest BCUT2D eigenvalue weighted by Gasteiger charge is 2.37. The molecule has 0 unspecified atom stereocenters. The first-order valence-corrected chi connectivity index (χ1v) is 11.2. The van der Waals surface area contributed by atoms with Crippen molar-refractivity contribution in [2.24, 2.45) is 5.92 Å². The fraction of sp³-hybridized carbons (Fsp3) is 0.458. The van der Waals surface area contributed by atoms with E-state index in [0.717, 1.165) is 12.8 Å². The van der Waals surface area contributed by atoms with Gasteiger partial charge in [0.15, 0.2) is 5.82 Å². The van der Waals surface area contributed by atoms with Crippen LogP contribution < -0.4 is 5.32 Å². The van der Waals surface area contributed by atoms with Crippen molar-refractivity contribution in [1.82, 2.24) is 19.8 Å². The van der Waals surface area contributed by atoms with Crippen LogP contribution in [0.1, 0.15) is 60.5 Å². The van der Waals surface area contributed by atoms with Gasteiger partial charge in [-0.3, -0.25) is 14.4 Å². The third kappa shape index (κ3) is 4.64. The summed E-state index contributed by atoms with van der Waals surface area (Å²) in [6, 6.07) is 9.09. The van der Waals surface area contributed by atoms with Crippen LogP contribution in [0.15, 0.2) is 36.5 Å². The molecule has 0 saturated carbocycles. The maximum Gasteiger partial charge on any atom is 0.259 e. The highest BCUT2D eigenvalue weighted by molar-refractivity contribution is 6.04. The van der Waals surface area contributed by atoms with E-state index in [-0.39, 0.29) is 29.7 Å². The zero-order valence-electron chi connectivity index (χ0n) is 18.6. The molecule has 2 aliphatic rings. The van der Waals surface area contributed by atoms with Crippen molar-refractivity contribution >= 4 is 23.4 Å². The van der Waals surface area contributed by atoms with Crippen LogP contribution in [0.25, 0.3) is 0 Å². The largest absolute Gasteiger partial charge is 0.343 e. The van der Waals surface area contributed by atoms with Crippen LogP contribution >= 0.6 is 0 Å². The number of nitrogens with zero attached hydrogens (tertiary/aromatic N) is 4. The number of amides is 3. The molecule has 2 aliphatic heterocycles. The van der Waals surface area contributed by atoms with Crippen molar-refractivity contribution in [2.75, 3.05) is 25.0 Å². The van der Waals surface area contributed by atoms with E-state index >= 15 is 0 Å². The molecule has 3 heterocycles. The van der Waals surface area contributed by atoms with Gasteiger partial charge in [-0.2, -0.15) is 0 Å². The fourth-order valence-corrected chi connectivity index (χ4v) is 4.56. The van der Waals surface area contributed by atoms with Crippen molar-refractivity contribution < 1.29 is 14.4 Å².